The van der Waals surface area contributed by atoms with Gasteiger partial charge in [0, 0.05) is 0 Å². The number of nitrogens with two attached hydrogens (primary N) is 1. The van der Waals surface area contributed by atoms with Crippen LogP contribution in [0.2, 0.25) is 0 Å². The summed E-state index contributed by atoms with van der Waals surface area (Å²) in [6.07, 6.45) is 1.36. The quantitative estimate of drug-likeness (QED) is 0.833. The zero-order valence-electron chi connectivity index (χ0n) is 9.21. The number of hydrogen-bond acceptors (Lipinski definition) is 5. The fourth-order valence-corrected chi connectivity index (χ4v) is 1.32. The van der Waals surface area contributed by atoms with Crippen LogP contribution in [-0.4, -0.2) is 15.1 Å². The molecule has 17 heavy (non-hydrogen) atoms. The Labute approximate surface area is 98.9 Å². The van der Waals surface area contributed by atoms with E-state index in [0.717, 1.165) is 5.56 Å². The third-order valence-corrected chi connectivity index (χ3v) is 2.19. The molecule has 0 saturated carbocycles. The number of hydrogen-bond donors (Lipinski definition) is 2. The highest BCUT2D eigenvalue weighted by Gasteiger charge is 2.02. The van der Waals surface area contributed by atoms with Crippen molar-refractivity contribution in [3.8, 4) is 5.88 Å². The number of ether oxygens (including phenoxy) is 1. The third kappa shape index (κ3) is 3.15. The van der Waals surface area contributed by atoms with Crippen LogP contribution < -0.4 is 5.73 Å². The van der Waals surface area contributed by atoms with Gasteiger partial charge in [0.2, 0.25) is 5.88 Å². The molecule has 2 rings (SSSR count). The summed E-state index contributed by atoms with van der Waals surface area (Å²) in [6, 6.07) is 9.79. The van der Waals surface area contributed by atoms with Gasteiger partial charge in [0.15, 0.2) is 5.82 Å². The molecule has 1 aromatic heterocycles. The van der Waals surface area contributed by atoms with Crippen LogP contribution in [0.1, 0.15) is 11.4 Å². The van der Waals surface area contributed by atoms with Crippen molar-refractivity contribution < 1.29 is 9.84 Å². The highest BCUT2D eigenvalue weighted by molar-refractivity contribution is 5.44. The summed E-state index contributed by atoms with van der Waals surface area (Å²) < 4.78 is 5.42. The molecule has 88 valence electrons. The normalized spacial score (nSPS) is 10.4. The van der Waals surface area contributed by atoms with Gasteiger partial charge in [0.25, 0.3) is 0 Å². The van der Waals surface area contributed by atoms with Crippen molar-refractivity contribution in [2.45, 2.75) is 13.2 Å². The van der Waals surface area contributed by atoms with E-state index in [1.807, 2.05) is 30.3 Å². The average molecular weight is 231 g/mol. The molecule has 0 fully saturated rings. The number of anilines is 1. The predicted octanol–water partition coefficient (Wildman–Crippen LogP) is 1.48. The molecule has 0 atom stereocenters. The van der Waals surface area contributed by atoms with Crippen molar-refractivity contribution in [2.75, 3.05) is 5.73 Å². The number of rotatable bonds is 4. The molecule has 0 amide bonds. The minimum Gasteiger partial charge on any atom is -0.492 e. The van der Waals surface area contributed by atoms with Gasteiger partial charge >= 0.3 is 0 Å². The van der Waals surface area contributed by atoms with Crippen LogP contribution in [0.15, 0.2) is 36.5 Å². The first-order chi connectivity index (χ1) is 8.25. The molecular weight excluding hydrogens is 218 g/mol. The Balaban J connectivity index is 1.88. The van der Waals surface area contributed by atoms with E-state index in [1.165, 1.54) is 6.20 Å². The van der Waals surface area contributed by atoms with Gasteiger partial charge in [-0.2, -0.15) is 4.98 Å². The summed E-state index contributed by atoms with van der Waals surface area (Å²) >= 11 is 0. The van der Waals surface area contributed by atoms with Crippen LogP contribution in [0, 0.1) is 0 Å². The van der Waals surface area contributed by atoms with Gasteiger partial charge in [-0.1, -0.05) is 30.3 Å². The molecule has 0 saturated heterocycles. The fourth-order valence-electron chi connectivity index (χ4n) is 1.32. The van der Waals surface area contributed by atoms with Crippen LogP contribution >= 0.6 is 0 Å². The van der Waals surface area contributed by atoms with E-state index in [2.05, 4.69) is 9.97 Å². The van der Waals surface area contributed by atoms with Gasteiger partial charge in [-0.15, -0.1) is 0 Å². The predicted molar refractivity (Wildman–Crippen MR) is 63.0 cm³/mol. The van der Waals surface area contributed by atoms with Crippen molar-refractivity contribution in [2.24, 2.45) is 0 Å². The molecule has 0 aliphatic carbocycles. The Hall–Kier alpha value is -2.14. The summed E-state index contributed by atoms with van der Waals surface area (Å²) in [5.41, 5.74) is 6.63. The monoisotopic (exact) mass is 231 g/mol. The summed E-state index contributed by atoms with van der Waals surface area (Å²) in [6.45, 7) is 0.720. The van der Waals surface area contributed by atoms with Gasteiger partial charge in [0.1, 0.15) is 12.3 Å². The Morgan fingerprint density at radius 3 is 2.65 bits per heavy atom. The minimum atomic E-state index is -0.210. The number of nitrogens with zero attached hydrogens (tertiary/aromatic N) is 2. The SMILES string of the molecule is Nc1cnc(COCc2ccccc2)nc1O. The van der Waals surface area contributed by atoms with E-state index in [1.54, 1.807) is 0 Å². The lowest BCUT2D eigenvalue weighted by Gasteiger charge is -2.04. The van der Waals surface area contributed by atoms with E-state index >= 15 is 0 Å². The highest BCUT2D eigenvalue weighted by Crippen LogP contribution is 2.14. The zero-order chi connectivity index (χ0) is 12.1. The first-order valence-electron chi connectivity index (χ1n) is 5.18. The van der Waals surface area contributed by atoms with E-state index in [4.69, 9.17) is 10.5 Å². The first kappa shape index (κ1) is 11.3. The standard InChI is InChI=1S/C12H13N3O2/c13-10-6-14-11(15-12(10)16)8-17-7-9-4-2-1-3-5-9/h1-6H,7-8,13H2,(H,14,15,16). The maximum atomic E-state index is 9.28. The van der Waals surface area contributed by atoms with Crippen molar-refractivity contribution in [3.63, 3.8) is 0 Å². The van der Waals surface area contributed by atoms with Crippen molar-refractivity contribution in [1.29, 1.82) is 0 Å². The molecular formula is C12H13N3O2. The fraction of sp³-hybridized carbons (Fsp3) is 0.167. The molecule has 3 N–H and O–H groups in total. The van der Waals surface area contributed by atoms with Crippen molar-refractivity contribution >= 4 is 5.69 Å². The van der Waals surface area contributed by atoms with E-state index in [0.29, 0.717) is 12.4 Å². The van der Waals surface area contributed by atoms with Crippen molar-refractivity contribution in [3.05, 3.63) is 47.9 Å². The lowest BCUT2D eigenvalue weighted by molar-refractivity contribution is 0.101. The van der Waals surface area contributed by atoms with Crippen molar-refractivity contribution in [1.82, 2.24) is 9.97 Å². The van der Waals surface area contributed by atoms with Gasteiger partial charge < -0.3 is 15.6 Å². The molecule has 0 radical (unpaired) electrons. The Morgan fingerprint density at radius 2 is 1.94 bits per heavy atom. The van der Waals surface area contributed by atoms with Gasteiger partial charge in [-0.05, 0) is 5.56 Å². The molecule has 0 spiro atoms. The summed E-state index contributed by atoms with van der Waals surface area (Å²) in [5, 5.41) is 9.28. The molecule has 0 aliphatic heterocycles. The zero-order valence-corrected chi connectivity index (χ0v) is 9.21. The smallest absolute Gasteiger partial charge is 0.238 e. The molecule has 5 nitrogen and oxygen atoms in total. The Bertz CT molecular complexity index is 488. The second kappa shape index (κ2) is 5.27. The minimum absolute atomic E-state index is 0.164. The largest absolute Gasteiger partial charge is 0.492 e. The third-order valence-electron chi connectivity index (χ3n) is 2.19. The maximum Gasteiger partial charge on any atom is 0.238 e. The second-order valence-electron chi connectivity index (χ2n) is 3.54. The van der Waals surface area contributed by atoms with Gasteiger partial charge in [-0.3, -0.25) is 0 Å². The van der Waals surface area contributed by atoms with Crippen LogP contribution in [0.5, 0.6) is 5.88 Å². The Morgan fingerprint density at radius 1 is 1.18 bits per heavy atom. The molecule has 0 unspecified atom stereocenters. The molecule has 0 aliphatic rings. The molecule has 5 heteroatoms. The maximum absolute atomic E-state index is 9.28. The van der Waals surface area contributed by atoms with Crippen LogP contribution in [0.25, 0.3) is 0 Å². The van der Waals surface area contributed by atoms with Crippen LogP contribution in [0.3, 0.4) is 0 Å². The van der Waals surface area contributed by atoms with Crippen LogP contribution in [-0.2, 0) is 18.0 Å². The van der Waals surface area contributed by atoms with E-state index in [-0.39, 0.29) is 18.2 Å². The van der Waals surface area contributed by atoms with E-state index in [9.17, 15) is 5.11 Å². The molecule has 0 bridgehead atoms. The summed E-state index contributed by atoms with van der Waals surface area (Å²) in [5.74, 6) is 0.200. The number of aromatic nitrogens is 2. The topological polar surface area (TPSA) is 81.3 Å². The number of nitrogen functional groups attached to an aromatic ring is 1. The second-order valence-corrected chi connectivity index (χ2v) is 3.54. The highest BCUT2D eigenvalue weighted by atomic mass is 16.5. The molecule has 1 aromatic carbocycles. The van der Waals surface area contributed by atoms with Crippen LogP contribution in [0.4, 0.5) is 5.69 Å². The lowest BCUT2D eigenvalue weighted by Crippen LogP contribution is -2.01. The lowest BCUT2D eigenvalue weighted by atomic mass is 10.2. The Kier molecular flexibility index (Phi) is 3.52. The summed E-state index contributed by atoms with van der Waals surface area (Å²) in [4.78, 5) is 7.75. The first-order valence-corrected chi connectivity index (χ1v) is 5.18. The summed E-state index contributed by atoms with van der Waals surface area (Å²) in [7, 11) is 0. The molecule has 1 heterocycles. The molecule has 2 aromatic rings. The van der Waals surface area contributed by atoms with E-state index < -0.39 is 0 Å². The average Bonchev–Trinajstić information content (AvgIpc) is 2.35. The van der Waals surface area contributed by atoms with Gasteiger partial charge in [0.05, 0.1) is 12.8 Å². The van der Waals surface area contributed by atoms with Gasteiger partial charge in [-0.25, -0.2) is 4.98 Å². The number of benzene rings is 1. The number of aromatic hydroxyl groups is 1.